The van der Waals surface area contributed by atoms with Gasteiger partial charge in [-0.2, -0.15) is 0 Å². The Balaban J connectivity index is 2.16. The minimum atomic E-state index is -0.289. The standard InChI is InChI=1S/C15H18N2O3S/c1-10(9-20-3)16-14(18)8-13-15(19)17(2)11-6-4-5-7-12(11)21-13/h4-8,10H,9H2,1-3H3,(H,16,18)/b13-8+. The Bertz CT molecular complexity index is 586. The van der Waals surface area contributed by atoms with Gasteiger partial charge in [0, 0.05) is 31.2 Å². The van der Waals surface area contributed by atoms with E-state index in [4.69, 9.17) is 4.74 Å². The highest BCUT2D eigenvalue weighted by Gasteiger charge is 2.26. The van der Waals surface area contributed by atoms with Gasteiger partial charge in [-0.15, -0.1) is 0 Å². The molecule has 1 atom stereocenters. The van der Waals surface area contributed by atoms with Crippen molar-refractivity contribution < 1.29 is 14.3 Å². The highest BCUT2D eigenvalue weighted by Crippen LogP contribution is 2.40. The van der Waals surface area contributed by atoms with Gasteiger partial charge in [-0.3, -0.25) is 9.59 Å². The number of nitrogens with zero attached hydrogens (tertiary/aromatic N) is 1. The number of para-hydroxylation sites is 1. The summed E-state index contributed by atoms with van der Waals surface area (Å²) >= 11 is 1.32. The van der Waals surface area contributed by atoms with Crippen LogP contribution in [-0.4, -0.2) is 38.6 Å². The van der Waals surface area contributed by atoms with Gasteiger partial charge in [0.1, 0.15) is 0 Å². The fraction of sp³-hybridized carbons (Fsp3) is 0.333. The topological polar surface area (TPSA) is 58.6 Å². The molecule has 0 aromatic heterocycles. The first-order valence-corrected chi connectivity index (χ1v) is 7.40. The Labute approximate surface area is 128 Å². The van der Waals surface area contributed by atoms with Gasteiger partial charge >= 0.3 is 0 Å². The van der Waals surface area contributed by atoms with Crippen LogP contribution in [0.3, 0.4) is 0 Å². The predicted octanol–water partition coefficient (Wildman–Crippen LogP) is 1.79. The molecule has 0 aliphatic carbocycles. The molecule has 2 amide bonds. The number of hydrogen-bond acceptors (Lipinski definition) is 4. The minimum absolute atomic E-state index is 0.104. The van der Waals surface area contributed by atoms with Crippen LogP contribution in [0.25, 0.3) is 0 Å². The summed E-state index contributed by atoms with van der Waals surface area (Å²) in [6, 6.07) is 7.51. The molecule has 1 N–H and O–H groups in total. The molecular weight excluding hydrogens is 288 g/mol. The van der Waals surface area contributed by atoms with Crippen LogP contribution < -0.4 is 10.2 Å². The van der Waals surface area contributed by atoms with Crippen LogP contribution in [0, 0.1) is 0 Å². The lowest BCUT2D eigenvalue weighted by Crippen LogP contribution is -2.36. The molecule has 0 spiro atoms. The molecular formula is C15H18N2O3S. The lowest BCUT2D eigenvalue weighted by Gasteiger charge is -2.26. The van der Waals surface area contributed by atoms with Crippen molar-refractivity contribution in [2.45, 2.75) is 17.9 Å². The van der Waals surface area contributed by atoms with Crippen molar-refractivity contribution in [3.8, 4) is 0 Å². The summed E-state index contributed by atoms with van der Waals surface area (Å²) in [7, 11) is 3.29. The highest BCUT2D eigenvalue weighted by atomic mass is 32.2. The van der Waals surface area contributed by atoms with Crippen LogP contribution in [-0.2, 0) is 14.3 Å². The van der Waals surface area contributed by atoms with E-state index in [0.29, 0.717) is 11.5 Å². The predicted molar refractivity (Wildman–Crippen MR) is 83.3 cm³/mol. The minimum Gasteiger partial charge on any atom is -0.383 e. The average Bonchev–Trinajstić information content (AvgIpc) is 2.44. The molecule has 2 rings (SSSR count). The van der Waals surface area contributed by atoms with Gasteiger partial charge in [0.25, 0.3) is 5.91 Å². The first kappa shape index (κ1) is 15.6. The largest absolute Gasteiger partial charge is 0.383 e. The molecule has 0 saturated carbocycles. The van der Waals surface area contributed by atoms with Crippen molar-refractivity contribution in [1.29, 1.82) is 0 Å². The Hall–Kier alpha value is -1.79. The number of nitrogens with one attached hydrogen (secondary N) is 1. The van der Waals surface area contributed by atoms with Gasteiger partial charge in [-0.25, -0.2) is 0 Å². The van der Waals surface area contributed by atoms with Crippen LogP contribution in [0.2, 0.25) is 0 Å². The van der Waals surface area contributed by atoms with E-state index in [-0.39, 0.29) is 17.9 Å². The summed E-state index contributed by atoms with van der Waals surface area (Å²) in [6.07, 6.45) is 1.35. The summed E-state index contributed by atoms with van der Waals surface area (Å²) in [5, 5.41) is 2.76. The number of benzene rings is 1. The second-order valence-electron chi connectivity index (χ2n) is 4.81. The number of carbonyl (C=O) groups excluding carboxylic acids is 2. The third kappa shape index (κ3) is 3.65. The van der Waals surface area contributed by atoms with E-state index in [2.05, 4.69) is 5.32 Å². The second kappa shape index (κ2) is 6.78. The van der Waals surface area contributed by atoms with Crippen LogP contribution in [0.4, 0.5) is 5.69 Å². The average molecular weight is 306 g/mol. The number of ether oxygens (including phenoxy) is 1. The summed E-state index contributed by atoms with van der Waals surface area (Å²) < 4.78 is 4.96. The first-order valence-electron chi connectivity index (χ1n) is 6.59. The van der Waals surface area contributed by atoms with Crippen LogP contribution in [0.1, 0.15) is 6.92 Å². The summed E-state index contributed by atoms with van der Waals surface area (Å²) in [6.45, 7) is 2.27. The SMILES string of the molecule is COCC(C)NC(=O)/C=C1/Sc2ccccc2N(C)C1=O. The van der Waals surface area contributed by atoms with E-state index < -0.39 is 0 Å². The van der Waals surface area contributed by atoms with Crippen molar-refractivity contribution in [3.05, 3.63) is 35.2 Å². The summed E-state index contributed by atoms with van der Waals surface area (Å²) in [5.41, 5.74) is 0.859. The molecule has 0 radical (unpaired) electrons. The Kier molecular flexibility index (Phi) is 5.03. The maximum atomic E-state index is 12.3. The number of rotatable bonds is 4. The number of amides is 2. The molecule has 0 fully saturated rings. The van der Waals surface area contributed by atoms with Crippen LogP contribution in [0.15, 0.2) is 40.1 Å². The molecule has 1 heterocycles. The maximum absolute atomic E-state index is 12.3. The Morgan fingerprint density at radius 3 is 2.90 bits per heavy atom. The van der Waals surface area contributed by atoms with Gasteiger partial charge in [0.05, 0.1) is 17.2 Å². The van der Waals surface area contributed by atoms with Gasteiger partial charge in [-0.05, 0) is 19.1 Å². The monoisotopic (exact) mass is 306 g/mol. The maximum Gasteiger partial charge on any atom is 0.265 e. The van der Waals surface area contributed by atoms with Crippen molar-refractivity contribution in [3.63, 3.8) is 0 Å². The molecule has 1 aliphatic rings. The number of thioether (sulfide) groups is 1. The van der Waals surface area contributed by atoms with Gasteiger partial charge in [0.15, 0.2) is 0 Å². The smallest absolute Gasteiger partial charge is 0.265 e. The molecule has 21 heavy (non-hydrogen) atoms. The lowest BCUT2D eigenvalue weighted by atomic mass is 10.2. The highest BCUT2D eigenvalue weighted by molar-refractivity contribution is 8.04. The molecule has 1 unspecified atom stereocenters. The van der Waals surface area contributed by atoms with E-state index in [9.17, 15) is 9.59 Å². The number of likely N-dealkylation sites (N-methyl/N-ethyl adjacent to an activating group) is 1. The lowest BCUT2D eigenvalue weighted by molar-refractivity contribution is -0.118. The zero-order valence-electron chi connectivity index (χ0n) is 12.3. The molecule has 1 aliphatic heterocycles. The Morgan fingerprint density at radius 2 is 2.19 bits per heavy atom. The number of anilines is 1. The first-order chi connectivity index (χ1) is 10.0. The van der Waals surface area contributed by atoms with Crippen molar-refractivity contribution in [2.75, 3.05) is 25.7 Å². The third-order valence-corrected chi connectivity index (χ3v) is 4.11. The zero-order valence-corrected chi connectivity index (χ0v) is 13.1. The normalized spacial score (nSPS) is 17.6. The third-order valence-electron chi connectivity index (χ3n) is 3.03. The second-order valence-corrected chi connectivity index (χ2v) is 5.89. The van der Waals surface area contributed by atoms with E-state index in [0.717, 1.165) is 10.6 Å². The van der Waals surface area contributed by atoms with E-state index in [1.54, 1.807) is 19.1 Å². The summed E-state index contributed by atoms with van der Waals surface area (Å²) in [5.74, 6) is -0.462. The van der Waals surface area contributed by atoms with Gasteiger partial charge < -0.3 is 15.0 Å². The van der Waals surface area contributed by atoms with E-state index in [1.165, 1.54) is 17.8 Å². The molecule has 112 valence electrons. The quantitative estimate of drug-likeness (QED) is 0.862. The van der Waals surface area contributed by atoms with E-state index in [1.807, 2.05) is 31.2 Å². The molecule has 5 nitrogen and oxygen atoms in total. The molecule has 6 heteroatoms. The van der Waals surface area contributed by atoms with Gasteiger partial charge in [-0.1, -0.05) is 23.9 Å². The zero-order chi connectivity index (χ0) is 15.4. The molecule has 1 aromatic rings. The molecule has 0 saturated heterocycles. The van der Waals surface area contributed by atoms with Gasteiger partial charge in [0.2, 0.25) is 5.91 Å². The van der Waals surface area contributed by atoms with Crippen LogP contribution in [0.5, 0.6) is 0 Å². The molecule has 1 aromatic carbocycles. The molecule has 0 bridgehead atoms. The number of carbonyl (C=O) groups is 2. The number of methoxy groups -OCH3 is 1. The fourth-order valence-electron chi connectivity index (χ4n) is 2.04. The number of fused-ring (bicyclic) bond motifs is 1. The Morgan fingerprint density at radius 1 is 1.48 bits per heavy atom. The van der Waals surface area contributed by atoms with E-state index >= 15 is 0 Å². The number of hydrogen-bond donors (Lipinski definition) is 1. The van der Waals surface area contributed by atoms with Crippen LogP contribution >= 0.6 is 11.8 Å². The fourth-order valence-corrected chi connectivity index (χ4v) is 3.13. The van der Waals surface area contributed by atoms with Crippen molar-refractivity contribution in [2.24, 2.45) is 0 Å². The summed E-state index contributed by atoms with van der Waals surface area (Å²) in [4.78, 5) is 27.1. The van der Waals surface area contributed by atoms with Crippen molar-refractivity contribution in [1.82, 2.24) is 5.32 Å². The van der Waals surface area contributed by atoms with Crippen molar-refractivity contribution >= 4 is 29.3 Å².